The van der Waals surface area contributed by atoms with Crippen LogP contribution >= 0.6 is 46.5 Å². The van der Waals surface area contributed by atoms with Gasteiger partial charge in [-0.05, 0) is 41.7 Å². The number of rotatable bonds is 9. The molecule has 0 amide bonds. The summed E-state index contributed by atoms with van der Waals surface area (Å²) in [7, 11) is 0. The van der Waals surface area contributed by atoms with E-state index < -0.39 is 0 Å². The minimum Gasteiger partial charge on any atom is -0.131 e. The first-order valence-electron chi connectivity index (χ1n) is 8.28. The summed E-state index contributed by atoms with van der Waals surface area (Å²) in [6, 6.07) is 16.5. The lowest BCUT2D eigenvalue weighted by atomic mass is 10.1. The maximum absolute atomic E-state index is 6.02. The van der Waals surface area contributed by atoms with Crippen LogP contribution in [0.1, 0.15) is 23.1 Å². The molecular formula is C20H19ClN2S3. The molecule has 0 unspecified atom stereocenters. The molecule has 0 radical (unpaired) electrons. The molecule has 0 aliphatic rings. The second-order valence-corrected chi connectivity index (χ2v) is 9.63. The van der Waals surface area contributed by atoms with Crippen LogP contribution in [0.3, 0.4) is 0 Å². The Morgan fingerprint density at radius 1 is 1.00 bits per heavy atom. The van der Waals surface area contributed by atoms with Crippen molar-refractivity contribution in [1.82, 2.24) is 10.2 Å². The standard InChI is InChI=1S/C20H19ClN2S3/c1-2-15-8-10-17(11-9-15)14-25-20-23-22-19(26-20)24-12-4-6-16-5-3-7-18(21)13-16/h2-3,5,7-11,13H,1,4,6,12,14H2. The van der Waals surface area contributed by atoms with Crippen LogP contribution < -0.4 is 0 Å². The summed E-state index contributed by atoms with van der Waals surface area (Å²) in [4.78, 5) is 0. The zero-order valence-electron chi connectivity index (χ0n) is 14.2. The Balaban J connectivity index is 1.40. The highest BCUT2D eigenvalue weighted by Gasteiger charge is 2.06. The Bertz CT molecular complexity index is 846. The number of benzene rings is 2. The van der Waals surface area contributed by atoms with Gasteiger partial charge >= 0.3 is 0 Å². The zero-order valence-corrected chi connectivity index (χ0v) is 17.4. The summed E-state index contributed by atoms with van der Waals surface area (Å²) in [6.07, 6.45) is 3.99. The SMILES string of the molecule is C=Cc1ccc(CSc2nnc(SCCCc3cccc(Cl)c3)s2)cc1. The maximum Gasteiger partial charge on any atom is 0.175 e. The topological polar surface area (TPSA) is 25.8 Å². The number of aromatic nitrogens is 2. The average Bonchev–Trinajstić information content (AvgIpc) is 3.12. The smallest absolute Gasteiger partial charge is 0.131 e. The highest BCUT2D eigenvalue weighted by molar-refractivity contribution is 8.02. The summed E-state index contributed by atoms with van der Waals surface area (Å²) >= 11 is 11.2. The second kappa shape index (κ2) is 10.2. The van der Waals surface area contributed by atoms with Crippen molar-refractivity contribution in [2.45, 2.75) is 27.3 Å². The number of hydrogen-bond donors (Lipinski definition) is 0. The van der Waals surface area contributed by atoms with Gasteiger partial charge in [-0.25, -0.2) is 0 Å². The Morgan fingerprint density at radius 3 is 2.50 bits per heavy atom. The van der Waals surface area contributed by atoms with Crippen molar-refractivity contribution in [3.05, 3.63) is 76.8 Å². The largest absolute Gasteiger partial charge is 0.175 e. The molecule has 6 heteroatoms. The van der Waals surface area contributed by atoms with Gasteiger partial charge in [0.05, 0.1) is 0 Å². The molecule has 0 bridgehead atoms. The van der Waals surface area contributed by atoms with Crippen molar-refractivity contribution in [2.75, 3.05) is 5.75 Å². The number of aryl methyl sites for hydroxylation is 1. The first kappa shape index (κ1) is 19.5. The molecule has 0 saturated carbocycles. The molecule has 1 aromatic heterocycles. The highest BCUT2D eigenvalue weighted by Crippen LogP contribution is 2.31. The van der Waals surface area contributed by atoms with Gasteiger partial charge in [-0.15, -0.1) is 10.2 Å². The quantitative estimate of drug-likeness (QED) is 0.280. The molecule has 2 nitrogen and oxygen atoms in total. The van der Waals surface area contributed by atoms with Crippen LogP contribution in [0.15, 0.2) is 63.8 Å². The molecule has 0 aliphatic carbocycles. The van der Waals surface area contributed by atoms with E-state index >= 15 is 0 Å². The zero-order chi connectivity index (χ0) is 18.2. The van der Waals surface area contributed by atoms with Crippen molar-refractivity contribution in [3.63, 3.8) is 0 Å². The molecule has 26 heavy (non-hydrogen) atoms. The van der Waals surface area contributed by atoms with E-state index in [9.17, 15) is 0 Å². The van der Waals surface area contributed by atoms with Gasteiger partial charge in [-0.2, -0.15) is 0 Å². The molecule has 2 aromatic carbocycles. The van der Waals surface area contributed by atoms with Crippen molar-refractivity contribution in [3.8, 4) is 0 Å². The van der Waals surface area contributed by atoms with E-state index in [1.807, 2.05) is 24.3 Å². The van der Waals surface area contributed by atoms with Crippen LogP contribution in [0.4, 0.5) is 0 Å². The molecule has 0 atom stereocenters. The van der Waals surface area contributed by atoms with Crippen LogP contribution in [0.5, 0.6) is 0 Å². The summed E-state index contributed by atoms with van der Waals surface area (Å²) in [6.45, 7) is 3.78. The fourth-order valence-electron chi connectivity index (χ4n) is 2.34. The first-order chi connectivity index (χ1) is 12.7. The van der Waals surface area contributed by atoms with Crippen LogP contribution in [-0.2, 0) is 12.2 Å². The van der Waals surface area contributed by atoms with E-state index in [1.165, 1.54) is 11.1 Å². The summed E-state index contributed by atoms with van der Waals surface area (Å²) < 4.78 is 2.07. The minimum atomic E-state index is 0.806. The lowest BCUT2D eigenvalue weighted by Crippen LogP contribution is -1.87. The fourth-order valence-corrected chi connectivity index (χ4v) is 5.54. The van der Waals surface area contributed by atoms with Gasteiger partial charge in [0, 0.05) is 16.5 Å². The van der Waals surface area contributed by atoms with E-state index in [2.05, 4.69) is 47.1 Å². The third kappa shape index (κ3) is 6.16. The summed E-state index contributed by atoms with van der Waals surface area (Å²) in [5, 5.41) is 9.39. The molecule has 134 valence electrons. The van der Waals surface area contributed by atoms with Gasteiger partial charge < -0.3 is 0 Å². The Hall–Kier alpha value is -1.27. The van der Waals surface area contributed by atoms with E-state index in [0.29, 0.717) is 0 Å². The Labute approximate surface area is 172 Å². The minimum absolute atomic E-state index is 0.806. The van der Waals surface area contributed by atoms with E-state index in [1.54, 1.807) is 34.9 Å². The van der Waals surface area contributed by atoms with Crippen molar-refractivity contribution >= 4 is 52.5 Å². The molecule has 0 spiro atoms. The van der Waals surface area contributed by atoms with Crippen molar-refractivity contribution in [2.24, 2.45) is 0 Å². The number of nitrogens with zero attached hydrogens (tertiary/aromatic N) is 2. The number of thioether (sulfide) groups is 2. The molecule has 3 aromatic rings. The van der Waals surface area contributed by atoms with Crippen LogP contribution in [0.2, 0.25) is 5.02 Å². The van der Waals surface area contributed by atoms with Gasteiger partial charge in [0.1, 0.15) is 0 Å². The molecule has 1 heterocycles. The van der Waals surface area contributed by atoms with Crippen molar-refractivity contribution in [1.29, 1.82) is 0 Å². The van der Waals surface area contributed by atoms with E-state index in [4.69, 9.17) is 11.6 Å². The predicted molar refractivity (Wildman–Crippen MR) is 117 cm³/mol. The predicted octanol–water partition coefficient (Wildman–Crippen LogP) is 6.85. The third-order valence-electron chi connectivity index (χ3n) is 3.69. The van der Waals surface area contributed by atoms with E-state index in [0.717, 1.165) is 43.6 Å². The molecule has 0 N–H and O–H groups in total. The molecular weight excluding hydrogens is 400 g/mol. The summed E-state index contributed by atoms with van der Waals surface area (Å²) in [5.41, 5.74) is 3.71. The monoisotopic (exact) mass is 418 g/mol. The van der Waals surface area contributed by atoms with Gasteiger partial charge in [0.15, 0.2) is 8.68 Å². The molecule has 0 fully saturated rings. The van der Waals surface area contributed by atoms with Crippen LogP contribution in [0, 0.1) is 0 Å². The molecule has 0 saturated heterocycles. The first-order valence-corrected chi connectivity index (χ1v) is 11.4. The molecule has 3 rings (SSSR count). The van der Waals surface area contributed by atoms with Crippen LogP contribution in [0.25, 0.3) is 6.08 Å². The lowest BCUT2D eigenvalue weighted by Gasteiger charge is -2.01. The average molecular weight is 419 g/mol. The number of hydrogen-bond acceptors (Lipinski definition) is 5. The van der Waals surface area contributed by atoms with Crippen molar-refractivity contribution < 1.29 is 0 Å². The van der Waals surface area contributed by atoms with Gasteiger partial charge in [0.2, 0.25) is 0 Å². The normalized spacial score (nSPS) is 10.8. The van der Waals surface area contributed by atoms with Gasteiger partial charge in [-0.3, -0.25) is 0 Å². The van der Waals surface area contributed by atoms with E-state index in [-0.39, 0.29) is 0 Å². The summed E-state index contributed by atoms with van der Waals surface area (Å²) in [5.74, 6) is 1.94. The third-order valence-corrected chi connectivity index (χ3v) is 7.27. The Kier molecular flexibility index (Phi) is 7.62. The van der Waals surface area contributed by atoms with Crippen LogP contribution in [-0.4, -0.2) is 16.0 Å². The molecule has 0 aliphatic heterocycles. The fraction of sp³-hybridized carbons (Fsp3) is 0.200. The van der Waals surface area contributed by atoms with Gasteiger partial charge in [-0.1, -0.05) is 95.5 Å². The lowest BCUT2D eigenvalue weighted by molar-refractivity contribution is 0.924. The Morgan fingerprint density at radius 2 is 1.77 bits per heavy atom. The number of halogens is 1. The van der Waals surface area contributed by atoms with Gasteiger partial charge in [0.25, 0.3) is 0 Å². The second-order valence-electron chi connectivity index (χ2n) is 5.65. The maximum atomic E-state index is 6.02. The highest BCUT2D eigenvalue weighted by atomic mass is 35.5.